The van der Waals surface area contributed by atoms with Crippen molar-refractivity contribution in [3.63, 3.8) is 0 Å². The van der Waals surface area contributed by atoms with Crippen molar-refractivity contribution in [2.45, 2.75) is 19.3 Å². The fraction of sp³-hybridized carbons (Fsp3) is 0.455. The van der Waals surface area contributed by atoms with E-state index in [-0.39, 0.29) is 11.8 Å². The van der Waals surface area contributed by atoms with Crippen LogP contribution in [0, 0.1) is 5.92 Å². The van der Waals surface area contributed by atoms with Crippen molar-refractivity contribution >= 4 is 11.8 Å². The number of carbonyl (C=O) groups excluding carboxylic acids is 2. The van der Waals surface area contributed by atoms with Crippen LogP contribution in [0.3, 0.4) is 0 Å². The van der Waals surface area contributed by atoms with Crippen molar-refractivity contribution in [1.29, 1.82) is 0 Å². The molecule has 2 amide bonds. The molecule has 0 aromatic rings. The third-order valence-electron chi connectivity index (χ3n) is 2.44. The van der Waals surface area contributed by atoms with Crippen LogP contribution in [0.1, 0.15) is 19.3 Å². The van der Waals surface area contributed by atoms with Gasteiger partial charge in [0.25, 0.3) is 11.8 Å². The zero-order valence-corrected chi connectivity index (χ0v) is 7.98. The first-order valence-corrected chi connectivity index (χ1v) is 4.97. The van der Waals surface area contributed by atoms with E-state index in [9.17, 15) is 9.59 Å². The van der Waals surface area contributed by atoms with Gasteiger partial charge < -0.3 is 0 Å². The third kappa shape index (κ3) is 2.10. The molecule has 0 unspecified atom stereocenters. The summed E-state index contributed by atoms with van der Waals surface area (Å²) in [5.74, 6) is 0.210. The smallest absolute Gasteiger partial charge is 0.253 e. The average Bonchev–Trinajstić information content (AvgIpc) is 2.98. The number of amides is 2. The minimum Gasteiger partial charge on any atom is -0.275 e. The summed E-state index contributed by atoms with van der Waals surface area (Å²) in [6, 6.07) is 0. The van der Waals surface area contributed by atoms with E-state index in [0.29, 0.717) is 12.5 Å². The lowest BCUT2D eigenvalue weighted by Gasteiger charge is -2.19. The monoisotopic (exact) mass is 191 g/mol. The first kappa shape index (κ1) is 9.19. The Morgan fingerprint density at radius 1 is 1.50 bits per heavy atom. The third-order valence-corrected chi connectivity index (χ3v) is 2.44. The molecule has 2 aliphatic rings. The molecule has 14 heavy (non-hydrogen) atoms. The summed E-state index contributed by atoms with van der Waals surface area (Å²) in [5.41, 5.74) is 0. The minimum absolute atomic E-state index is 0.175. The molecule has 0 spiro atoms. The highest BCUT2D eigenvalue weighted by atomic mass is 16.2. The summed E-state index contributed by atoms with van der Waals surface area (Å²) in [6.45, 7) is 0.517. The molecule has 0 atom stereocenters. The van der Waals surface area contributed by atoms with Gasteiger partial charge in [0.15, 0.2) is 0 Å². The zero-order valence-electron chi connectivity index (χ0n) is 7.98. The van der Waals surface area contributed by atoms with Crippen LogP contribution in [-0.4, -0.2) is 23.3 Å². The highest BCUT2D eigenvalue weighted by molar-refractivity contribution is 6.05. The highest BCUT2D eigenvalue weighted by Crippen LogP contribution is 2.30. The molecule has 0 saturated heterocycles. The SMILES string of the molecule is O=C1C=CCCN1C(=O)C=CC1CC1. The Labute approximate surface area is 83.1 Å². The van der Waals surface area contributed by atoms with Crippen molar-refractivity contribution in [2.75, 3.05) is 6.54 Å². The van der Waals surface area contributed by atoms with E-state index in [1.54, 1.807) is 6.08 Å². The molecule has 1 aliphatic carbocycles. The van der Waals surface area contributed by atoms with E-state index in [0.717, 1.165) is 6.42 Å². The van der Waals surface area contributed by atoms with Crippen LogP contribution in [0.5, 0.6) is 0 Å². The number of carbonyl (C=O) groups is 2. The number of allylic oxidation sites excluding steroid dienone is 1. The van der Waals surface area contributed by atoms with Crippen molar-refractivity contribution < 1.29 is 9.59 Å². The minimum atomic E-state index is -0.193. The molecule has 1 aliphatic heterocycles. The quantitative estimate of drug-likeness (QED) is 0.616. The van der Waals surface area contributed by atoms with Gasteiger partial charge >= 0.3 is 0 Å². The van der Waals surface area contributed by atoms with Gasteiger partial charge in [-0.05, 0) is 37.3 Å². The molecule has 0 N–H and O–H groups in total. The van der Waals surface area contributed by atoms with Crippen molar-refractivity contribution in [3.8, 4) is 0 Å². The zero-order chi connectivity index (χ0) is 9.97. The van der Waals surface area contributed by atoms with Crippen LogP contribution in [0.4, 0.5) is 0 Å². The predicted molar refractivity (Wildman–Crippen MR) is 52.3 cm³/mol. The van der Waals surface area contributed by atoms with E-state index < -0.39 is 0 Å². The molecule has 1 fully saturated rings. The Morgan fingerprint density at radius 3 is 2.93 bits per heavy atom. The second-order valence-corrected chi connectivity index (χ2v) is 3.72. The van der Waals surface area contributed by atoms with E-state index in [2.05, 4.69) is 0 Å². The molecule has 0 aromatic heterocycles. The van der Waals surface area contributed by atoms with Crippen LogP contribution >= 0.6 is 0 Å². The molecule has 3 heteroatoms. The normalized spacial score (nSPS) is 22.0. The Hall–Kier alpha value is -1.38. The van der Waals surface area contributed by atoms with Gasteiger partial charge in [0.05, 0.1) is 0 Å². The van der Waals surface area contributed by atoms with Gasteiger partial charge in [-0.25, -0.2) is 0 Å². The summed E-state index contributed by atoms with van der Waals surface area (Å²) in [5, 5.41) is 0. The predicted octanol–water partition coefficient (Wildman–Crippen LogP) is 1.27. The van der Waals surface area contributed by atoms with E-state index in [1.807, 2.05) is 6.08 Å². The second kappa shape index (κ2) is 3.78. The largest absolute Gasteiger partial charge is 0.275 e. The van der Waals surface area contributed by atoms with E-state index >= 15 is 0 Å². The van der Waals surface area contributed by atoms with Gasteiger partial charge in [-0.15, -0.1) is 0 Å². The maximum absolute atomic E-state index is 11.5. The van der Waals surface area contributed by atoms with Gasteiger partial charge in [0, 0.05) is 6.54 Å². The fourth-order valence-corrected chi connectivity index (χ4v) is 1.40. The summed E-state index contributed by atoms with van der Waals surface area (Å²) in [7, 11) is 0. The van der Waals surface area contributed by atoms with E-state index in [4.69, 9.17) is 0 Å². The Balaban J connectivity index is 1.95. The Bertz CT molecular complexity index is 313. The van der Waals surface area contributed by atoms with Crippen molar-refractivity contribution in [3.05, 3.63) is 24.3 Å². The average molecular weight is 191 g/mol. The van der Waals surface area contributed by atoms with Gasteiger partial charge in [-0.1, -0.05) is 12.2 Å². The lowest BCUT2D eigenvalue weighted by molar-refractivity contribution is -0.139. The van der Waals surface area contributed by atoms with Crippen LogP contribution in [-0.2, 0) is 9.59 Å². The van der Waals surface area contributed by atoms with Crippen LogP contribution in [0.2, 0.25) is 0 Å². The number of rotatable bonds is 2. The first-order valence-electron chi connectivity index (χ1n) is 4.97. The first-order chi connectivity index (χ1) is 6.77. The molecule has 2 rings (SSSR count). The molecule has 1 heterocycles. The second-order valence-electron chi connectivity index (χ2n) is 3.72. The molecular weight excluding hydrogens is 178 g/mol. The highest BCUT2D eigenvalue weighted by Gasteiger charge is 2.21. The molecule has 3 nitrogen and oxygen atoms in total. The van der Waals surface area contributed by atoms with Crippen molar-refractivity contribution in [2.24, 2.45) is 5.92 Å². The number of nitrogens with zero attached hydrogens (tertiary/aromatic N) is 1. The number of hydrogen-bond acceptors (Lipinski definition) is 2. The lowest BCUT2D eigenvalue weighted by Crippen LogP contribution is -2.37. The Kier molecular flexibility index (Phi) is 2.48. The maximum Gasteiger partial charge on any atom is 0.253 e. The van der Waals surface area contributed by atoms with Crippen LogP contribution in [0.15, 0.2) is 24.3 Å². The van der Waals surface area contributed by atoms with Crippen molar-refractivity contribution in [1.82, 2.24) is 4.90 Å². The summed E-state index contributed by atoms with van der Waals surface area (Å²) >= 11 is 0. The summed E-state index contributed by atoms with van der Waals surface area (Å²) < 4.78 is 0. The number of imide groups is 1. The van der Waals surface area contributed by atoms with Gasteiger partial charge in [0.1, 0.15) is 0 Å². The van der Waals surface area contributed by atoms with Gasteiger partial charge in [-0.2, -0.15) is 0 Å². The Morgan fingerprint density at radius 2 is 2.29 bits per heavy atom. The fourth-order valence-electron chi connectivity index (χ4n) is 1.40. The van der Waals surface area contributed by atoms with Crippen LogP contribution in [0.25, 0.3) is 0 Å². The molecule has 1 saturated carbocycles. The summed E-state index contributed by atoms with van der Waals surface area (Å²) in [4.78, 5) is 24.1. The van der Waals surface area contributed by atoms with E-state index in [1.165, 1.54) is 29.9 Å². The maximum atomic E-state index is 11.5. The van der Waals surface area contributed by atoms with Crippen LogP contribution < -0.4 is 0 Å². The summed E-state index contributed by atoms with van der Waals surface area (Å²) in [6.07, 6.45) is 9.84. The molecule has 0 radical (unpaired) electrons. The molecule has 74 valence electrons. The van der Waals surface area contributed by atoms with Gasteiger partial charge in [-0.3, -0.25) is 14.5 Å². The standard InChI is InChI=1S/C11H13NO2/c13-10-3-1-2-8-12(10)11(14)7-6-9-4-5-9/h1,3,6-7,9H,2,4-5,8H2. The van der Waals surface area contributed by atoms with Gasteiger partial charge in [0.2, 0.25) is 0 Å². The molecular formula is C11H13NO2. The molecule has 0 bridgehead atoms. The molecule has 0 aromatic carbocycles. The topological polar surface area (TPSA) is 37.4 Å². The number of hydrogen-bond donors (Lipinski definition) is 0. The lowest BCUT2D eigenvalue weighted by atomic mass is 10.2.